The quantitative estimate of drug-likeness (QED) is 0.739. The Hall–Kier alpha value is -0.930. The minimum Gasteiger partial charge on any atom is -0.310 e. The van der Waals surface area contributed by atoms with Crippen LogP contribution in [-0.4, -0.2) is 31.6 Å². The molecule has 114 valence electrons. The van der Waals surface area contributed by atoms with Crippen molar-refractivity contribution in [2.24, 2.45) is 5.92 Å². The Morgan fingerprint density at radius 3 is 2.50 bits per heavy atom. The molecule has 0 radical (unpaired) electrons. The molecule has 2 nitrogen and oxygen atoms in total. The van der Waals surface area contributed by atoms with Crippen LogP contribution in [0.15, 0.2) is 24.3 Å². The van der Waals surface area contributed by atoms with E-state index in [1.165, 1.54) is 0 Å². The molecule has 2 atom stereocenters. The van der Waals surface area contributed by atoms with Gasteiger partial charge in [0.25, 0.3) is 0 Å². The lowest BCUT2D eigenvalue weighted by Crippen LogP contribution is -2.35. The third-order valence-electron chi connectivity index (χ3n) is 3.63. The molecule has 0 amide bonds. The van der Waals surface area contributed by atoms with Crippen molar-refractivity contribution in [3.8, 4) is 0 Å². The van der Waals surface area contributed by atoms with Crippen molar-refractivity contribution in [1.82, 2.24) is 10.2 Å². The van der Waals surface area contributed by atoms with Gasteiger partial charge in [0.1, 0.15) is 5.82 Å². The van der Waals surface area contributed by atoms with Crippen molar-refractivity contribution in [3.05, 3.63) is 35.6 Å². The number of hydrogen-bond donors (Lipinski definition) is 1. The van der Waals surface area contributed by atoms with Gasteiger partial charge in [-0.15, -0.1) is 0 Å². The van der Waals surface area contributed by atoms with Crippen molar-refractivity contribution in [3.63, 3.8) is 0 Å². The molecule has 2 unspecified atom stereocenters. The number of hydrogen-bond acceptors (Lipinski definition) is 2. The van der Waals surface area contributed by atoms with Gasteiger partial charge in [-0.1, -0.05) is 39.0 Å². The van der Waals surface area contributed by atoms with Gasteiger partial charge in [-0.3, -0.25) is 0 Å². The highest BCUT2D eigenvalue weighted by Gasteiger charge is 2.22. The second kappa shape index (κ2) is 9.09. The molecule has 0 aliphatic rings. The smallest absolute Gasteiger partial charge is 0.127 e. The molecule has 0 saturated carbocycles. The number of nitrogens with zero attached hydrogens (tertiary/aromatic N) is 1. The molecule has 0 aromatic heterocycles. The summed E-state index contributed by atoms with van der Waals surface area (Å²) in [4.78, 5) is 2.33. The van der Waals surface area contributed by atoms with Crippen LogP contribution in [0.4, 0.5) is 4.39 Å². The van der Waals surface area contributed by atoms with E-state index in [0.29, 0.717) is 5.92 Å². The average Bonchev–Trinajstić information content (AvgIpc) is 2.41. The fourth-order valence-electron chi connectivity index (χ4n) is 2.71. The van der Waals surface area contributed by atoms with Crippen molar-refractivity contribution in [2.75, 3.05) is 26.7 Å². The molecule has 0 aliphatic heterocycles. The molecule has 0 heterocycles. The van der Waals surface area contributed by atoms with Gasteiger partial charge in [-0.05, 0) is 45.0 Å². The van der Waals surface area contributed by atoms with Crippen LogP contribution in [0.1, 0.15) is 45.2 Å². The molecule has 1 N–H and O–H groups in total. The lowest BCUT2D eigenvalue weighted by atomic mass is 9.93. The maximum absolute atomic E-state index is 14.1. The lowest BCUT2D eigenvalue weighted by molar-refractivity contribution is 0.244. The first kappa shape index (κ1) is 17.1. The first-order valence-corrected chi connectivity index (χ1v) is 7.76. The molecule has 3 heteroatoms. The zero-order valence-electron chi connectivity index (χ0n) is 13.3. The SMILES string of the molecule is CCCNC(c1ccccc1F)C(C)CN(C)CCC. The van der Waals surface area contributed by atoms with E-state index in [9.17, 15) is 4.39 Å². The third kappa shape index (κ3) is 5.22. The zero-order valence-corrected chi connectivity index (χ0v) is 13.3. The van der Waals surface area contributed by atoms with E-state index in [-0.39, 0.29) is 11.9 Å². The molecule has 0 saturated heterocycles. The maximum atomic E-state index is 14.1. The molecule has 0 bridgehead atoms. The summed E-state index contributed by atoms with van der Waals surface area (Å²) in [6.45, 7) is 9.50. The Balaban J connectivity index is 2.80. The monoisotopic (exact) mass is 280 g/mol. The fraction of sp³-hybridized carbons (Fsp3) is 0.647. The van der Waals surface area contributed by atoms with Gasteiger partial charge in [-0.2, -0.15) is 0 Å². The minimum atomic E-state index is -0.105. The van der Waals surface area contributed by atoms with Crippen LogP contribution in [0.25, 0.3) is 0 Å². The van der Waals surface area contributed by atoms with Crippen LogP contribution < -0.4 is 5.32 Å². The summed E-state index contributed by atoms with van der Waals surface area (Å²) in [5.74, 6) is 0.265. The van der Waals surface area contributed by atoms with Crippen LogP contribution in [0.3, 0.4) is 0 Å². The topological polar surface area (TPSA) is 15.3 Å². The molecule has 0 fully saturated rings. The van der Waals surface area contributed by atoms with Crippen LogP contribution in [0, 0.1) is 11.7 Å². The minimum absolute atomic E-state index is 0.0791. The van der Waals surface area contributed by atoms with Crippen molar-refractivity contribution >= 4 is 0 Å². The summed E-state index contributed by atoms with van der Waals surface area (Å²) in [5, 5.41) is 3.51. The van der Waals surface area contributed by atoms with Crippen LogP contribution in [0.2, 0.25) is 0 Å². The summed E-state index contributed by atoms with van der Waals surface area (Å²) < 4.78 is 14.1. The lowest BCUT2D eigenvalue weighted by Gasteiger charge is -2.29. The van der Waals surface area contributed by atoms with E-state index in [0.717, 1.165) is 38.0 Å². The Labute approximate surface area is 123 Å². The summed E-state index contributed by atoms with van der Waals surface area (Å²) in [6.07, 6.45) is 2.21. The highest BCUT2D eigenvalue weighted by molar-refractivity contribution is 5.22. The summed E-state index contributed by atoms with van der Waals surface area (Å²) in [7, 11) is 2.14. The summed E-state index contributed by atoms with van der Waals surface area (Å²) >= 11 is 0. The summed E-state index contributed by atoms with van der Waals surface area (Å²) in [6, 6.07) is 7.21. The molecule has 1 aromatic carbocycles. The van der Waals surface area contributed by atoms with Gasteiger partial charge in [0.05, 0.1) is 0 Å². The van der Waals surface area contributed by atoms with E-state index < -0.39 is 0 Å². The predicted molar refractivity (Wildman–Crippen MR) is 84.4 cm³/mol. The number of halogens is 1. The van der Waals surface area contributed by atoms with Gasteiger partial charge in [0.2, 0.25) is 0 Å². The standard InChI is InChI=1S/C17H29FN2/c1-5-11-19-17(14(3)13-20(4)12-6-2)15-9-7-8-10-16(15)18/h7-10,14,17,19H,5-6,11-13H2,1-4H3. The molecule has 1 aromatic rings. The molecule has 0 aliphatic carbocycles. The third-order valence-corrected chi connectivity index (χ3v) is 3.63. The van der Waals surface area contributed by atoms with E-state index in [1.54, 1.807) is 12.1 Å². The fourth-order valence-corrected chi connectivity index (χ4v) is 2.71. The Bertz CT molecular complexity index is 381. The van der Waals surface area contributed by atoms with Crippen LogP contribution >= 0.6 is 0 Å². The summed E-state index contributed by atoms with van der Waals surface area (Å²) in [5.41, 5.74) is 0.790. The second-order valence-electron chi connectivity index (χ2n) is 5.69. The van der Waals surface area contributed by atoms with Gasteiger partial charge < -0.3 is 10.2 Å². The average molecular weight is 280 g/mol. The highest BCUT2D eigenvalue weighted by Crippen LogP contribution is 2.25. The molecular formula is C17H29FN2. The second-order valence-corrected chi connectivity index (χ2v) is 5.69. The molecule has 1 rings (SSSR count). The van der Waals surface area contributed by atoms with Gasteiger partial charge in [0, 0.05) is 18.2 Å². The van der Waals surface area contributed by atoms with E-state index in [1.807, 2.05) is 12.1 Å². The van der Waals surface area contributed by atoms with Crippen LogP contribution in [-0.2, 0) is 0 Å². The van der Waals surface area contributed by atoms with E-state index >= 15 is 0 Å². The Kier molecular flexibility index (Phi) is 7.78. The van der Waals surface area contributed by atoms with Crippen molar-refractivity contribution in [1.29, 1.82) is 0 Å². The first-order chi connectivity index (χ1) is 9.60. The first-order valence-electron chi connectivity index (χ1n) is 7.76. The van der Waals surface area contributed by atoms with Crippen molar-refractivity contribution < 1.29 is 4.39 Å². The molecular weight excluding hydrogens is 251 g/mol. The molecule has 0 spiro atoms. The normalized spacial score (nSPS) is 14.5. The van der Waals surface area contributed by atoms with Gasteiger partial charge in [-0.25, -0.2) is 4.39 Å². The van der Waals surface area contributed by atoms with E-state index in [2.05, 4.69) is 38.0 Å². The number of benzene rings is 1. The van der Waals surface area contributed by atoms with Gasteiger partial charge >= 0.3 is 0 Å². The highest BCUT2D eigenvalue weighted by atomic mass is 19.1. The number of nitrogens with one attached hydrogen (secondary N) is 1. The Morgan fingerprint density at radius 1 is 1.20 bits per heavy atom. The largest absolute Gasteiger partial charge is 0.310 e. The molecule has 20 heavy (non-hydrogen) atoms. The zero-order chi connectivity index (χ0) is 15.0. The van der Waals surface area contributed by atoms with Gasteiger partial charge in [0.15, 0.2) is 0 Å². The van der Waals surface area contributed by atoms with Crippen LogP contribution in [0.5, 0.6) is 0 Å². The predicted octanol–water partition coefficient (Wildman–Crippen LogP) is 3.84. The maximum Gasteiger partial charge on any atom is 0.127 e. The van der Waals surface area contributed by atoms with E-state index in [4.69, 9.17) is 0 Å². The number of rotatable bonds is 9. The van der Waals surface area contributed by atoms with Crippen molar-refractivity contribution in [2.45, 2.75) is 39.7 Å². The Morgan fingerprint density at radius 2 is 1.90 bits per heavy atom.